The number of likely N-dealkylation sites (tertiary alicyclic amines) is 1. The summed E-state index contributed by atoms with van der Waals surface area (Å²) in [4.78, 5) is 13.9. The first-order valence-electron chi connectivity index (χ1n) is 9.30. The number of rotatable bonds is 4. The number of hydrogen-bond acceptors (Lipinski definition) is 5. The number of piperidine rings is 1. The van der Waals surface area contributed by atoms with Crippen molar-refractivity contribution in [2.24, 2.45) is 5.41 Å². The van der Waals surface area contributed by atoms with Gasteiger partial charge in [-0.15, -0.1) is 0 Å². The van der Waals surface area contributed by atoms with E-state index in [4.69, 9.17) is 4.74 Å². The van der Waals surface area contributed by atoms with Gasteiger partial charge in [-0.3, -0.25) is 0 Å². The van der Waals surface area contributed by atoms with Gasteiger partial charge in [0.25, 0.3) is 0 Å². The van der Waals surface area contributed by atoms with Gasteiger partial charge in [-0.1, -0.05) is 13.3 Å². The molecule has 2 atom stereocenters. The molecular formula is C18H34N2O4S. The van der Waals surface area contributed by atoms with Crippen molar-refractivity contribution in [3.8, 4) is 0 Å². The van der Waals surface area contributed by atoms with Gasteiger partial charge in [0.05, 0.1) is 5.25 Å². The van der Waals surface area contributed by atoms with Gasteiger partial charge in [-0.2, -0.15) is 0 Å². The van der Waals surface area contributed by atoms with Crippen LogP contribution in [0.1, 0.15) is 59.8 Å². The third kappa shape index (κ3) is 5.84. The SMILES string of the molecule is CC1(CNC2CCCC2S(C)(=O)=O)CCN(C(=O)OC(C)(C)C)CC1. The zero-order valence-electron chi connectivity index (χ0n) is 16.3. The summed E-state index contributed by atoms with van der Waals surface area (Å²) in [5, 5.41) is 3.26. The summed E-state index contributed by atoms with van der Waals surface area (Å²) in [7, 11) is -2.99. The Bertz CT molecular complexity index is 574. The highest BCUT2D eigenvalue weighted by molar-refractivity contribution is 7.91. The van der Waals surface area contributed by atoms with Crippen LogP contribution in [0.4, 0.5) is 4.79 Å². The molecule has 0 bridgehead atoms. The minimum Gasteiger partial charge on any atom is -0.444 e. The molecule has 1 aliphatic heterocycles. The Morgan fingerprint density at radius 2 is 1.84 bits per heavy atom. The van der Waals surface area contributed by atoms with Crippen LogP contribution in [-0.4, -0.2) is 62.2 Å². The summed E-state index contributed by atoms with van der Waals surface area (Å²) in [5.74, 6) is 0. The van der Waals surface area contributed by atoms with Crippen molar-refractivity contribution in [3.05, 3.63) is 0 Å². The highest BCUT2D eigenvalue weighted by atomic mass is 32.2. The first-order valence-corrected chi connectivity index (χ1v) is 11.3. The van der Waals surface area contributed by atoms with Gasteiger partial charge in [0.1, 0.15) is 5.60 Å². The number of amides is 1. The lowest BCUT2D eigenvalue weighted by atomic mass is 9.80. The van der Waals surface area contributed by atoms with Crippen molar-refractivity contribution in [1.29, 1.82) is 0 Å². The molecule has 0 spiro atoms. The number of ether oxygens (including phenoxy) is 1. The average molecular weight is 375 g/mol. The molecule has 1 amide bonds. The third-order valence-corrected chi connectivity index (χ3v) is 7.08. The maximum absolute atomic E-state index is 12.2. The fraction of sp³-hybridized carbons (Fsp3) is 0.944. The molecule has 2 rings (SSSR count). The van der Waals surface area contributed by atoms with E-state index in [1.54, 1.807) is 4.90 Å². The van der Waals surface area contributed by atoms with Crippen molar-refractivity contribution in [2.45, 2.75) is 76.7 Å². The molecule has 0 aromatic heterocycles. The van der Waals surface area contributed by atoms with Gasteiger partial charge in [0, 0.05) is 31.9 Å². The van der Waals surface area contributed by atoms with Crippen molar-refractivity contribution in [1.82, 2.24) is 10.2 Å². The Morgan fingerprint density at radius 3 is 2.36 bits per heavy atom. The highest BCUT2D eigenvalue weighted by Crippen LogP contribution is 2.32. The van der Waals surface area contributed by atoms with Crippen molar-refractivity contribution in [2.75, 3.05) is 25.9 Å². The summed E-state index contributed by atoms with van der Waals surface area (Å²) in [5.41, 5.74) is -0.383. The topological polar surface area (TPSA) is 75.7 Å². The van der Waals surface area contributed by atoms with Gasteiger partial charge < -0.3 is 15.0 Å². The maximum Gasteiger partial charge on any atom is 0.410 e. The van der Waals surface area contributed by atoms with Crippen LogP contribution in [0.2, 0.25) is 0 Å². The van der Waals surface area contributed by atoms with E-state index in [0.29, 0.717) is 13.1 Å². The first-order chi connectivity index (χ1) is 11.4. The van der Waals surface area contributed by atoms with Crippen LogP contribution in [0.3, 0.4) is 0 Å². The van der Waals surface area contributed by atoms with E-state index in [-0.39, 0.29) is 22.8 Å². The summed E-state index contributed by atoms with van der Waals surface area (Å²) < 4.78 is 29.3. The van der Waals surface area contributed by atoms with E-state index in [0.717, 1.165) is 38.6 Å². The van der Waals surface area contributed by atoms with E-state index in [2.05, 4.69) is 12.2 Å². The van der Waals surface area contributed by atoms with E-state index in [1.807, 2.05) is 20.8 Å². The largest absolute Gasteiger partial charge is 0.444 e. The number of carbonyl (C=O) groups excluding carboxylic acids is 1. The van der Waals surface area contributed by atoms with Crippen LogP contribution in [0.5, 0.6) is 0 Å². The summed E-state index contributed by atoms with van der Waals surface area (Å²) in [6.45, 7) is 10.0. The molecule has 1 N–H and O–H groups in total. The average Bonchev–Trinajstić information content (AvgIpc) is 2.93. The predicted octanol–water partition coefficient (Wildman–Crippen LogP) is 2.58. The van der Waals surface area contributed by atoms with E-state index < -0.39 is 15.4 Å². The number of nitrogens with zero attached hydrogens (tertiary/aromatic N) is 1. The second-order valence-corrected chi connectivity index (χ2v) is 11.3. The van der Waals surface area contributed by atoms with E-state index >= 15 is 0 Å². The van der Waals surface area contributed by atoms with Crippen LogP contribution in [-0.2, 0) is 14.6 Å². The molecule has 1 saturated heterocycles. The molecule has 0 radical (unpaired) electrons. The first kappa shape index (κ1) is 20.5. The minimum atomic E-state index is -2.99. The lowest BCUT2D eigenvalue weighted by Crippen LogP contribution is -2.50. The molecule has 1 saturated carbocycles. The van der Waals surface area contributed by atoms with Gasteiger partial charge in [0.15, 0.2) is 9.84 Å². The molecule has 1 aliphatic carbocycles. The number of sulfone groups is 1. The molecule has 2 aliphatic rings. The van der Waals surface area contributed by atoms with Crippen LogP contribution >= 0.6 is 0 Å². The molecule has 2 fully saturated rings. The molecule has 6 nitrogen and oxygen atoms in total. The second-order valence-electron chi connectivity index (χ2n) is 9.06. The Kier molecular flexibility index (Phi) is 6.09. The van der Waals surface area contributed by atoms with Crippen molar-refractivity contribution >= 4 is 15.9 Å². The Hall–Kier alpha value is -0.820. The molecular weight excluding hydrogens is 340 g/mol. The second kappa shape index (κ2) is 7.43. The van der Waals surface area contributed by atoms with Crippen LogP contribution in [0.25, 0.3) is 0 Å². The predicted molar refractivity (Wildman–Crippen MR) is 99.4 cm³/mol. The Labute approximate surface area is 152 Å². The smallest absolute Gasteiger partial charge is 0.410 e. The highest BCUT2D eigenvalue weighted by Gasteiger charge is 2.38. The molecule has 146 valence electrons. The third-order valence-electron chi connectivity index (χ3n) is 5.42. The van der Waals surface area contributed by atoms with Crippen molar-refractivity contribution < 1.29 is 17.9 Å². The molecule has 7 heteroatoms. The molecule has 0 aromatic rings. The summed E-state index contributed by atoms with van der Waals surface area (Å²) >= 11 is 0. The van der Waals surface area contributed by atoms with Gasteiger partial charge >= 0.3 is 6.09 Å². The lowest BCUT2D eigenvalue weighted by molar-refractivity contribution is 0.0117. The lowest BCUT2D eigenvalue weighted by Gasteiger charge is -2.40. The van der Waals surface area contributed by atoms with Crippen LogP contribution in [0, 0.1) is 5.41 Å². The van der Waals surface area contributed by atoms with Gasteiger partial charge in [0.2, 0.25) is 0 Å². The normalized spacial score (nSPS) is 27.3. The number of hydrogen-bond donors (Lipinski definition) is 1. The van der Waals surface area contributed by atoms with Crippen molar-refractivity contribution in [3.63, 3.8) is 0 Å². The quantitative estimate of drug-likeness (QED) is 0.818. The number of carbonyl (C=O) groups is 1. The fourth-order valence-electron chi connectivity index (χ4n) is 3.78. The summed E-state index contributed by atoms with van der Waals surface area (Å²) in [6, 6.07) is 0.0655. The van der Waals surface area contributed by atoms with Gasteiger partial charge in [-0.25, -0.2) is 13.2 Å². The number of nitrogens with one attached hydrogen (secondary N) is 1. The van der Waals surface area contributed by atoms with Crippen LogP contribution in [0.15, 0.2) is 0 Å². The monoisotopic (exact) mass is 374 g/mol. The van der Waals surface area contributed by atoms with E-state index in [1.165, 1.54) is 6.26 Å². The standard InChI is InChI=1S/C18H34N2O4S/c1-17(2,3)24-16(21)20-11-9-18(4,10-12-20)13-19-14-7-6-8-15(14)25(5,22)23/h14-15,19H,6-13H2,1-5H3. The fourth-order valence-corrected chi connectivity index (χ4v) is 5.21. The van der Waals surface area contributed by atoms with Crippen LogP contribution < -0.4 is 5.32 Å². The molecule has 0 aromatic carbocycles. The summed E-state index contributed by atoms with van der Waals surface area (Å²) in [6.07, 6.45) is 5.56. The van der Waals surface area contributed by atoms with E-state index in [9.17, 15) is 13.2 Å². The Morgan fingerprint density at radius 1 is 1.24 bits per heavy atom. The minimum absolute atomic E-state index is 0.0655. The Balaban J connectivity index is 1.83. The zero-order valence-corrected chi connectivity index (χ0v) is 17.1. The molecule has 25 heavy (non-hydrogen) atoms. The maximum atomic E-state index is 12.2. The zero-order chi connectivity index (χ0) is 18.9. The molecule has 2 unspecified atom stereocenters. The molecule has 1 heterocycles. The van der Waals surface area contributed by atoms with Gasteiger partial charge in [-0.05, 0) is 51.9 Å².